The minimum atomic E-state index is 0. The van der Waals surface area contributed by atoms with Crippen LogP contribution in [0.4, 0.5) is 0 Å². The molecule has 0 aliphatic heterocycles. The van der Waals surface area contributed by atoms with E-state index in [1.54, 1.807) is 0 Å². The van der Waals surface area contributed by atoms with Crippen LogP contribution in [0.1, 0.15) is 37.3 Å². The van der Waals surface area contributed by atoms with E-state index in [1.165, 1.54) is 11.1 Å². The summed E-state index contributed by atoms with van der Waals surface area (Å²) in [5.74, 6) is 0.370. The highest BCUT2D eigenvalue weighted by Gasteiger charge is 2.38. The van der Waals surface area contributed by atoms with Crippen molar-refractivity contribution in [3.05, 3.63) is 35.4 Å². The predicted octanol–water partition coefficient (Wildman–Crippen LogP) is 2.62. The maximum absolute atomic E-state index is 8.75. The lowest BCUT2D eigenvalue weighted by Crippen LogP contribution is -2.22. The van der Waals surface area contributed by atoms with Gasteiger partial charge in [0, 0.05) is 5.92 Å². The van der Waals surface area contributed by atoms with Crippen LogP contribution in [0.5, 0.6) is 0 Å². The minimum Gasteiger partial charge on any atom is -0.409 e. The Hall–Kier alpha value is -1.22. The van der Waals surface area contributed by atoms with Gasteiger partial charge in [0.2, 0.25) is 0 Å². The van der Waals surface area contributed by atoms with Crippen LogP contribution in [-0.4, -0.2) is 11.0 Å². The number of fused-ring (bicyclic) bond motifs is 1. The molecule has 1 aliphatic rings. The zero-order valence-electron chi connectivity index (χ0n) is 9.47. The van der Waals surface area contributed by atoms with Crippen molar-refractivity contribution in [2.24, 2.45) is 10.9 Å². The van der Waals surface area contributed by atoms with Crippen molar-refractivity contribution in [3.63, 3.8) is 0 Å². The molecule has 88 valence electrons. The molecule has 0 fully saturated rings. The standard InChI is InChI=1S/C12H16N2O.ClH/c1-12(2)7-9(11(13)14-15)8-5-3-4-6-10(8)12;/h3-6,9,15H,7H2,1-2H3,(H2,13,14);1H. The normalized spacial score (nSPS) is 22.4. The number of hydrogen-bond donors (Lipinski definition) is 2. The molecule has 2 rings (SSSR count). The summed E-state index contributed by atoms with van der Waals surface area (Å²) in [6.07, 6.45) is 0.905. The topological polar surface area (TPSA) is 58.6 Å². The van der Waals surface area contributed by atoms with Crippen LogP contribution in [0.25, 0.3) is 0 Å². The second kappa shape index (κ2) is 4.34. The molecule has 0 saturated heterocycles. The first-order valence-corrected chi connectivity index (χ1v) is 5.13. The van der Waals surface area contributed by atoms with E-state index in [0.29, 0.717) is 5.84 Å². The number of amidine groups is 1. The van der Waals surface area contributed by atoms with E-state index < -0.39 is 0 Å². The molecule has 3 nitrogen and oxygen atoms in total. The van der Waals surface area contributed by atoms with Gasteiger partial charge in [-0.25, -0.2) is 0 Å². The molecule has 16 heavy (non-hydrogen) atoms. The lowest BCUT2D eigenvalue weighted by atomic mass is 9.86. The zero-order valence-corrected chi connectivity index (χ0v) is 10.3. The summed E-state index contributed by atoms with van der Waals surface area (Å²) >= 11 is 0. The van der Waals surface area contributed by atoms with Crippen LogP contribution in [0.2, 0.25) is 0 Å². The molecular weight excluding hydrogens is 224 g/mol. The van der Waals surface area contributed by atoms with Gasteiger partial charge in [0.05, 0.1) is 0 Å². The first kappa shape index (κ1) is 12.8. The fraction of sp³-hybridized carbons (Fsp3) is 0.417. The van der Waals surface area contributed by atoms with Crippen molar-refractivity contribution in [1.82, 2.24) is 0 Å². The first-order valence-electron chi connectivity index (χ1n) is 5.13. The number of rotatable bonds is 1. The summed E-state index contributed by atoms with van der Waals surface area (Å²) in [5, 5.41) is 11.9. The Kier molecular flexibility index (Phi) is 3.48. The van der Waals surface area contributed by atoms with Gasteiger partial charge in [-0.3, -0.25) is 0 Å². The summed E-state index contributed by atoms with van der Waals surface area (Å²) < 4.78 is 0. The molecule has 0 saturated carbocycles. The highest BCUT2D eigenvalue weighted by atomic mass is 35.5. The monoisotopic (exact) mass is 240 g/mol. The van der Waals surface area contributed by atoms with Gasteiger partial charge >= 0.3 is 0 Å². The van der Waals surface area contributed by atoms with Crippen molar-refractivity contribution in [2.75, 3.05) is 0 Å². The van der Waals surface area contributed by atoms with Crippen molar-refractivity contribution < 1.29 is 5.21 Å². The number of halogens is 1. The van der Waals surface area contributed by atoms with Crippen molar-refractivity contribution in [3.8, 4) is 0 Å². The summed E-state index contributed by atoms with van der Waals surface area (Å²) in [6, 6.07) is 8.22. The fourth-order valence-electron chi connectivity index (χ4n) is 2.48. The molecule has 1 aliphatic carbocycles. The summed E-state index contributed by atoms with van der Waals surface area (Å²) in [5.41, 5.74) is 8.32. The third-order valence-electron chi connectivity index (χ3n) is 3.25. The lowest BCUT2D eigenvalue weighted by Gasteiger charge is -2.18. The van der Waals surface area contributed by atoms with Crippen LogP contribution >= 0.6 is 12.4 Å². The SMILES string of the molecule is CC1(C)CC(C(N)=NO)c2ccccc21.Cl. The number of nitrogens with zero attached hydrogens (tertiary/aromatic N) is 1. The van der Waals surface area contributed by atoms with Crippen LogP contribution in [0.15, 0.2) is 29.4 Å². The molecule has 1 atom stereocenters. The quantitative estimate of drug-likeness (QED) is 0.343. The molecule has 0 heterocycles. The van der Waals surface area contributed by atoms with E-state index in [-0.39, 0.29) is 23.7 Å². The van der Waals surface area contributed by atoms with Crippen LogP contribution in [0.3, 0.4) is 0 Å². The maximum Gasteiger partial charge on any atom is 0.146 e. The van der Waals surface area contributed by atoms with E-state index >= 15 is 0 Å². The highest BCUT2D eigenvalue weighted by molar-refractivity contribution is 5.88. The number of benzene rings is 1. The maximum atomic E-state index is 8.75. The van der Waals surface area contributed by atoms with Crippen LogP contribution in [-0.2, 0) is 5.41 Å². The molecule has 0 radical (unpaired) electrons. The van der Waals surface area contributed by atoms with Gasteiger partial charge in [0.1, 0.15) is 5.84 Å². The van der Waals surface area contributed by atoms with Crippen LogP contribution < -0.4 is 5.73 Å². The number of hydrogen-bond acceptors (Lipinski definition) is 2. The molecule has 1 unspecified atom stereocenters. The number of oxime groups is 1. The Morgan fingerprint density at radius 1 is 1.44 bits per heavy atom. The van der Waals surface area contributed by atoms with E-state index in [0.717, 1.165) is 6.42 Å². The molecule has 1 aromatic rings. The molecule has 0 aromatic heterocycles. The number of nitrogens with two attached hydrogens (primary N) is 1. The third kappa shape index (κ3) is 1.87. The van der Waals surface area contributed by atoms with E-state index in [4.69, 9.17) is 10.9 Å². The summed E-state index contributed by atoms with van der Waals surface area (Å²) in [6.45, 7) is 4.38. The van der Waals surface area contributed by atoms with Gasteiger partial charge in [-0.05, 0) is 23.0 Å². The molecule has 1 aromatic carbocycles. The summed E-state index contributed by atoms with van der Waals surface area (Å²) in [4.78, 5) is 0. The van der Waals surface area contributed by atoms with Crippen molar-refractivity contribution in [2.45, 2.75) is 31.6 Å². The van der Waals surface area contributed by atoms with Gasteiger partial charge < -0.3 is 10.9 Å². The van der Waals surface area contributed by atoms with Gasteiger partial charge in [-0.15, -0.1) is 12.4 Å². The first-order chi connectivity index (χ1) is 7.06. The molecule has 3 N–H and O–H groups in total. The van der Waals surface area contributed by atoms with Gasteiger partial charge in [-0.1, -0.05) is 43.3 Å². The lowest BCUT2D eigenvalue weighted by molar-refractivity contribution is 0.315. The largest absolute Gasteiger partial charge is 0.409 e. The Morgan fingerprint density at radius 3 is 2.69 bits per heavy atom. The molecule has 0 spiro atoms. The highest BCUT2D eigenvalue weighted by Crippen LogP contribution is 2.45. The predicted molar refractivity (Wildman–Crippen MR) is 67.5 cm³/mol. The minimum absolute atomic E-state index is 0. The zero-order chi connectivity index (χ0) is 11.1. The van der Waals surface area contributed by atoms with E-state index in [9.17, 15) is 0 Å². The summed E-state index contributed by atoms with van der Waals surface area (Å²) in [7, 11) is 0. The molecule has 4 heteroatoms. The van der Waals surface area contributed by atoms with Crippen LogP contribution in [0, 0.1) is 0 Å². The molecule has 0 bridgehead atoms. The van der Waals surface area contributed by atoms with Gasteiger partial charge in [0.15, 0.2) is 0 Å². The van der Waals surface area contributed by atoms with E-state index in [1.807, 2.05) is 12.1 Å². The average Bonchev–Trinajstić information content (AvgIpc) is 2.51. The Bertz CT molecular complexity index is 415. The van der Waals surface area contributed by atoms with Gasteiger partial charge in [-0.2, -0.15) is 0 Å². The second-order valence-electron chi connectivity index (χ2n) is 4.75. The fourth-order valence-corrected chi connectivity index (χ4v) is 2.48. The Labute approximate surface area is 102 Å². The Balaban J connectivity index is 0.00000128. The van der Waals surface area contributed by atoms with Crippen molar-refractivity contribution >= 4 is 18.2 Å². The van der Waals surface area contributed by atoms with Gasteiger partial charge in [0.25, 0.3) is 0 Å². The van der Waals surface area contributed by atoms with E-state index in [2.05, 4.69) is 31.1 Å². The van der Waals surface area contributed by atoms with Crippen molar-refractivity contribution in [1.29, 1.82) is 0 Å². The Morgan fingerprint density at radius 2 is 2.06 bits per heavy atom. The second-order valence-corrected chi connectivity index (χ2v) is 4.75. The molecule has 0 amide bonds. The third-order valence-corrected chi connectivity index (χ3v) is 3.25. The molecular formula is C12H17ClN2O. The average molecular weight is 241 g/mol. The smallest absolute Gasteiger partial charge is 0.146 e.